The maximum absolute atomic E-state index is 14.7. The first kappa shape index (κ1) is 21.8. The number of nitrogens with one attached hydrogen (secondary N) is 2. The van der Waals surface area contributed by atoms with Gasteiger partial charge in [-0.2, -0.15) is 0 Å². The van der Waals surface area contributed by atoms with E-state index in [9.17, 15) is 9.18 Å². The molecule has 0 bridgehead atoms. The van der Waals surface area contributed by atoms with Gasteiger partial charge < -0.3 is 25.5 Å². The fourth-order valence-electron chi connectivity index (χ4n) is 5.04. The molecule has 2 aliphatic rings. The summed E-state index contributed by atoms with van der Waals surface area (Å²) in [5, 5.41) is 4.43. The van der Waals surface area contributed by atoms with Gasteiger partial charge in [0.1, 0.15) is 11.2 Å². The molecule has 0 spiro atoms. The summed E-state index contributed by atoms with van der Waals surface area (Å²) < 4.78 is 25.9. The quantitative estimate of drug-likeness (QED) is 0.509. The van der Waals surface area contributed by atoms with Crippen molar-refractivity contribution in [1.82, 2.24) is 19.9 Å². The van der Waals surface area contributed by atoms with Crippen LogP contribution in [0.3, 0.4) is 0 Å². The SMILES string of the molecule is NC(=O)OC1(C2CCOC2)CCCC(Nc2nc(-c3c[nH]c4ncc(Cl)cc34)ncc2F)C1. The molecule has 9 nitrogen and oxygen atoms in total. The molecule has 1 saturated carbocycles. The summed E-state index contributed by atoms with van der Waals surface area (Å²) >= 11 is 6.09. The zero-order valence-electron chi connectivity index (χ0n) is 17.8. The average molecular weight is 475 g/mol. The lowest BCUT2D eigenvalue weighted by molar-refractivity contribution is -0.0612. The van der Waals surface area contributed by atoms with Crippen LogP contribution in [0.25, 0.3) is 22.4 Å². The highest BCUT2D eigenvalue weighted by molar-refractivity contribution is 6.31. The largest absolute Gasteiger partial charge is 0.443 e. The van der Waals surface area contributed by atoms with Crippen molar-refractivity contribution in [3.05, 3.63) is 35.5 Å². The molecule has 1 aliphatic heterocycles. The summed E-state index contributed by atoms with van der Waals surface area (Å²) in [5.41, 5.74) is 5.98. The second kappa shape index (κ2) is 8.75. The first-order chi connectivity index (χ1) is 15.9. The zero-order valence-corrected chi connectivity index (χ0v) is 18.6. The minimum Gasteiger partial charge on any atom is -0.443 e. The van der Waals surface area contributed by atoms with Crippen LogP contribution in [0, 0.1) is 11.7 Å². The van der Waals surface area contributed by atoms with Gasteiger partial charge in [-0.15, -0.1) is 0 Å². The maximum atomic E-state index is 14.7. The normalized spacial score (nSPS) is 25.3. The number of carbonyl (C=O) groups excluding carboxylic acids is 1. The predicted octanol–water partition coefficient (Wildman–Crippen LogP) is 4.04. The van der Waals surface area contributed by atoms with Gasteiger partial charge >= 0.3 is 6.09 Å². The lowest BCUT2D eigenvalue weighted by atomic mass is 9.73. The molecule has 3 aromatic rings. The van der Waals surface area contributed by atoms with Crippen molar-refractivity contribution in [3.8, 4) is 11.4 Å². The van der Waals surface area contributed by atoms with Crippen LogP contribution < -0.4 is 11.1 Å². The monoisotopic (exact) mass is 474 g/mol. The number of hydrogen-bond acceptors (Lipinski definition) is 7. The molecule has 5 rings (SSSR count). The van der Waals surface area contributed by atoms with Crippen LogP contribution in [-0.4, -0.2) is 50.9 Å². The second-order valence-electron chi connectivity index (χ2n) is 8.63. The van der Waals surface area contributed by atoms with E-state index in [0.29, 0.717) is 48.1 Å². The number of carbonyl (C=O) groups is 1. The van der Waals surface area contributed by atoms with Crippen LogP contribution in [0.1, 0.15) is 32.1 Å². The highest BCUT2D eigenvalue weighted by atomic mass is 35.5. The number of nitrogens with two attached hydrogens (primary N) is 1. The summed E-state index contributed by atoms with van der Waals surface area (Å²) in [6.07, 6.45) is 7.17. The topological polar surface area (TPSA) is 128 Å². The summed E-state index contributed by atoms with van der Waals surface area (Å²) in [6.45, 7) is 1.14. The number of aromatic nitrogens is 4. The lowest BCUT2D eigenvalue weighted by Crippen LogP contribution is -2.50. The van der Waals surface area contributed by atoms with Gasteiger partial charge in [0.15, 0.2) is 17.5 Å². The van der Waals surface area contributed by atoms with Crippen LogP contribution in [-0.2, 0) is 9.47 Å². The number of nitrogens with zero attached hydrogens (tertiary/aromatic N) is 3. The van der Waals surface area contributed by atoms with Crippen LogP contribution >= 0.6 is 11.6 Å². The Morgan fingerprint density at radius 3 is 3.03 bits per heavy atom. The van der Waals surface area contributed by atoms with E-state index in [-0.39, 0.29) is 17.8 Å². The Hall–Kier alpha value is -2.98. The highest BCUT2D eigenvalue weighted by Crippen LogP contribution is 2.42. The van der Waals surface area contributed by atoms with Gasteiger partial charge in [0, 0.05) is 48.3 Å². The third-order valence-corrected chi connectivity index (χ3v) is 6.75. The summed E-state index contributed by atoms with van der Waals surface area (Å²) in [7, 11) is 0. The molecule has 174 valence electrons. The molecule has 1 aliphatic carbocycles. The molecule has 11 heteroatoms. The van der Waals surface area contributed by atoms with Gasteiger partial charge in [-0.25, -0.2) is 24.1 Å². The molecule has 4 heterocycles. The molecular weight excluding hydrogens is 451 g/mol. The van der Waals surface area contributed by atoms with Crippen LogP contribution in [0.15, 0.2) is 24.7 Å². The van der Waals surface area contributed by atoms with Crippen LogP contribution in [0.2, 0.25) is 5.02 Å². The molecule has 33 heavy (non-hydrogen) atoms. The molecule has 0 radical (unpaired) electrons. The van der Waals surface area contributed by atoms with Crippen molar-refractivity contribution < 1.29 is 18.7 Å². The fourth-order valence-corrected chi connectivity index (χ4v) is 5.20. The van der Waals surface area contributed by atoms with E-state index in [0.717, 1.165) is 30.8 Å². The number of H-pyrrole nitrogens is 1. The number of amides is 1. The van der Waals surface area contributed by atoms with Gasteiger partial charge in [-0.1, -0.05) is 11.6 Å². The number of halogens is 2. The first-order valence-electron chi connectivity index (χ1n) is 10.9. The van der Waals surface area contributed by atoms with Crippen molar-refractivity contribution in [2.24, 2.45) is 11.7 Å². The van der Waals surface area contributed by atoms with Gasteiger partial charge in [-0.3, -0.25) is 0 Å². The number of primary amides is 1. The number of fused-ring (bicyclic) bond motifs is 1. The third-order valence-electron chi connectivity index (χ3n) is 6.55. The van der Waals surface area contributed by atoms with Gasteiger partial charge in [0.05, 0.1) is 17.8 Å². The molecule has 3 unspecified atom stereocenters. The first-order valence-corrected chi connectivity index (χ1v) is 11.3. The van der Waals surface area contributed by atoms with Crippen molar-refractivity contribution in [3.63, 3.8) is 0 Å². The molecular formula is C22H24ClFN6O3. The molecule has 3 aromatic heterocycles. The fraction of sp³-hybridized carbons (Fsp3) is 0.455. The highest BCUT2D eigenvalue weighted by Gasteiger charge is 2.47. The number of ether oxygens (including phenoxy) is 2. The Kier molecular flexibility index (Phi) is 5.79. The number of aromatic amines is 1. The number of anilines is 1. The van der Waals surface area contributed by atoms with Crippen molar-refractivity contribution in [2.45, 2.75) is 43.7 Å². The Morgan fingerprint density at radius 2 is 2.24 bits per heavy atom. The van der Waals surface area contributed by atoms with Crippen molar-refractivity contribution in [1.29, 1.82) is 0 Å². The smallest absolute Gasteiger partial charge is 0.405 e. The third kappa shape index (κ3) is 4.32. The second-order valence-corrected chi connectivity index (χ2v) is 9.06. The Balaban J connectivity index is 1.42. The Morgan fingerprint density at radius 1 is 1.36 bits per heavy atom. The Labute approximate surface area is 194 Å². The van der Waals surface area contributed by atoms with E-state index in [2.05, 4.69) is 25.3 Å². The van der Waals surface area contributed by atoms with Crippen molar-refractivity contribution >= 4 is 34.5 Å². The van der Waals surface area contributed by atoms with E-state index in [1.807, 2.05) is 0 Å². The number of rotatable bonds is 5. The average Bonchev–Trinajstić information content (AvgIpc) is 3.45. The Bertz CT molecular complexity index is 1180. The van der Waals surface area contributed by atoms with Gasteiger partial charge in [-0.05, 0) is 31.7 Å². The van der Waals surface area contributed by atoms with E-state index in [4.69, 9.17) is 26.8 Å². The minimum absolute atomic E-state index is 0.0591. The molecule has 1 amide bonds. The van der Waals surface area contributed by atoms with E-state index in [1.54, 1.807) is 18.5 Å². The zero-order chi connectivity index (χ0) is 23.0. The lowest BCUT2D eigenvalue weighted by Gasteiger charge is -2.43. The van der Waals surface area contributed by atoms with Gasteiger partial charge in [0.25, 0.3) is 0 Å². The maximum Gasteiger partial charge on any atom is 0.405 e. The van der Waals surface area contributed by atoms with Gasteiger partial charge in [0.2, 0.25) is 0 Å². The number of hydrogen-bond donors (Lipinski definition) is 3. The molecule has 0 aromatic carbocycles. The minimum atomic E-state index is -0.801. The molecule has 2 fully saturated rings. The number of pyridine rings is 1. The van der Waals surface area contributed by atoms with E-state index < -0.39 is 17.5 Å². The predicted molar refractivity (Wildman–Crippen MR) is 120 cm³/mol. The van der Waals surface area contributed by atoms with Crippen molar-refractivity contribution in [2.75, 3.05) is 18.5 Å². The van der Waals surface area contributed by atoms with Crippen LogP contribution in [0.5, 0.6) is 0 Å². The molecule has 1 saturated heterocycles. The summed E-state index contributed by atoms with van der Waals surface area (Å²) in [5.74, 6) is -0.0735. The van der Waals surface area contributed by atoms with E-state index >= 15 is 0 Å². The molecule has 4 N–H and O–H groups in total. The summed E-state index contributed by atoms with van der Waals surface area (Å²) in [4.78, 5) is 27.6. The summed E-state index contributed by atoms with van der Waals surface area (Å²) in [6, 6.07) is 1.60. The standard InChI is InChI=1S/C22H24ClFN6O3/c23-13-6-15-16(9-27-18(15)26-8-13)19-28-10-17(24)20(30-19)29-14-2-1-4-22(7-14,33-21(25)31)12-3-5-32-11-12/h6,8-10,12,14H,1-5,7,11H2,(H2,25,31)(H,26,27)(H,28,29,30). The molecule has 3 atom stereocenters. The van der Waals surface area contributed by atoms with E-state index in [1.165, 1.54) is 0 Å². The van der Waals surface area contributed by atoms with Crippen LogP contribution in [0.4, 0.5) is 15.0 Å².